The summed E-state index contributed by atoms with van der Waals surface area (Å²) in [5, 5.41) is 12.4. The van der Waals surface area contributed by atoms with Gasteiger partial charge in [0.05, 0.1) is 19.3 Å². The number of nitrogens with two attached hydrogens (primary N) is 1. The van der Waals surface area contributed by atoms with Gasteiger partial charge in [-0.2, -0.15) is 0 Å². The SMILES string of the molecule is Nc1cc(Cl)cc(-c2nnnn2CCOC2CCCC2)c1. The summed E-state index contributed by atoms with van der Waals surface area (Å²) in [6, 6.07) is 5.31. The van der Waals surface area contributed by atoms with Gasteiger partial charge in [-0.05, 0) is 41.5 Å². The highest BCUT2D eigenvalue weighted by Crippen LogP contribution is 2.24. The number of rotatable bonds is 5. The van der Waals surface area contributed by atoms with Gasteiger partial charge in [0.25, 0.3) is 0 Å². The normalized spacial score (nSPS) is 15.7. The number of anilines is 1. The van der Waals surface area contributed by atoms with Crippen LogP contribution in [0.2, 0.25) is 5.02 Å². The van der Waals surface area contributed by atoms with Crippen molar-refractivity contribution in [1.29, 1.82) is 0 Å². The fourth-order valence-corrected chi connectivity index (χ4v) is 2.91. The second kappa shape index (κ2) is 6.41. The molecule has 0 aliphatic heterocycles. The first-order valence-electron chi connectivity index (χ1n) is 7.16. The average Bonchev–Trinajstić information content (AvgIpc) is 3.08. The van der Waals surface area contributed by atoms with Crippen molar-refractivity contribution in [3.63, 3.8) is 0 Å². The predicted molar refractivity (Wildman–Crippen MR) is 80.9 cm³/mol. The van der Waals surface area contributed by atoms with E-state index >= 15 is 0 Å². The molecule has 1 fully saturated rings. The Morgan fingerprint density at radius 3 is 2.86 bits per heavy atom. The molecule has 3 rings (SSSR count). The Labute approximate surface area is 128 Å². The Kier molecular flexibility index (Phi) is 4.36. The molecule has 1 heterocycles. The lowest BCUT2D eigenvalue weighted by Crippen LogP contribution is -2.14. The summed E-state index contributed by atoms with van der Waals surface area (Å²) < 4.78 is 7.57. The number of aromatic nitrogens is 4. The van der Waals surface area contributed by atoms with E-state index in [0.29, 0.717) is 35.8 Å². The Morgan fingerprint density at radius 1 is 1.29 bits per heavy atom. The zero-order valence-corrected chi connectivity index (χ0v) is 12.5. The summed E-state index contributed by atoms with van der Waals surface area (Å²) in [5.74, 6) is 0.652. The van der Waals surface area contributed by atoms with Crippen molar-refractivity contribution in [2.45, 2.75) is 38.3 Å². The summed E-state index contributed by atoms with van der Waals surface area (Å²) in [4.78, 5) is 0. The maximum absolute atomic E-state index is 6.03. The molecule has 1 saturated carbocycles. The summed E-state index contributed by atoms with van der Waals surface area (Å²) >= 11 is 6.03. The van der Waals surface area contributed by atoms with Crippen molar-refractivity contribution in [1.82, 2.24) is 20.2 Å². The van der Waals surface area contributed by atoms with Crippen molar-refractivity contribution in [2.75, 3.05) is 12.3 Å². The minimum atomic E-state index is 0.395. The Bertz CT molecular complexity index is 589. The molecule has 0 amide bonds. The van der Waals surface area contributed by atoms with Crippen LogP contribution in [0.15, 0.2) is 18.2 Å². The van der Waals surface area contributed by atoms with Crippen LogP contribution >= 0.6 is 11.6 Å². The van der Waals surface area contributed by atoms with Crippen LogP contribution in [0.1, 0.15) is 25.7 Å². The van der Waals surface area contributed by atoms with Gasteiger partial charge in [0.1, 0.15) is 0 Å². The van der Waals surface area contributed by atoms with Gasteiger partial charge in [-0.1, -0.05) is 24.4 Å². The van der Waals surface area contributed by atoms with Gasteiger partial charge >= 0.3 is 0 Å². The zero-order chi connectivity index (χ0) is 14.7. The first kappa shape index (κ1) is 14.3. The molecule has 0 spiro atoms. The van der Waals surface area contributed by atoms with Crippen LogP contribution in [0.5, 0.6) is 0 Å². The summed E-state index contributed by atoms with van der Waals surface area (Å²) in [6.45, 7) is 1.23. The van der Waals surface area contributed by atoms with Gasteiger partial charge < -0.3 is 10.5 Å². The van der Waals surface area contributed by atoms with Gasteiger partial charge in [-0.3, -0.25) is 0 Å². The van der Waals surface area contributed by atoms with Crippen molar-refractivity contribution in [3.05, 3.63) is 23.2 Å². The molecule has 2 aromatic rings. The van der Waals surface area contributed by atoms with Crippen LogP contribution < -0.4 is 5.73 Å². The van der Waals surface area contributed by atoms with Crippen LogP contribution in [0.3, 0.4) is 0 Å². The van der Waals surface area contributed by atoms with Gasteiger partial charge in [0.2, 0.25) is 0 Å². The van der Waals surface area contributed by atoms with E-state index < -0.39 is 0 Å². The highest BCUT2D eigenvalue weighted by molar-refractivity contribution is 6.31. The number of benzene rings is 1. The minimum Gasteiger partial charge on any atom is -0.399 e. The van der Waals surface area contributed by atoms with Gasteiger partial charge in [0, 0.05) is 16.3 Å². The van der Waals surface area contributed by atoms with Crippen molar-refractivity contribution < 1.29 is 4.74 Å². The largest absolute Gasteiger partial charge is 0.399 e. The number of halogens is 1. The standard InChI is InChI=1S/C14H18ClN5O/c15-11-7-10(8-12(16)9-11)14-17-18-19-20(14)5-6-21-13-3-1-2-4-13/h7-9,13H,1-6,16H2. The molecule has 0 radical (unpaired) electrons. The molecule has 0 unspecified atom stereocenters. The monoisotopic (exact) mass is 307 g/mol. The number of hydrogen-bond acceptors (Lipinski definition) is 5. The molecular formula is C14H18ClN5O. The van der Waals surface area contributed by atoms with E-state index in [-0.39, 0.29) is 0 Å². The summed E-state index contributed by atoms with van der Waals surface area (Å²) in [7, 11) is 0. The molecule has 0 saturated heterocycles. The van der Waals surface area contributed by atoms with Crippen LogP contribution in [-0.4, -0.2) is 32.9 Å². The third kappa shape index (κ3) is 3.51. The van der Waals surface area contributed by atoms with Gasteiger partial charge in [0.15, 0.2) is 5.82 Å². The fourth-order valence-electron chi connectivity index (χ4n) is 2.66. The molecule has 0 bridgehead atoms. The van der Waals surface area contributed by atoms with E-state index in [4.69, 9.17) is 22.1 Å². The van der Waals surface area contributed by atoms with Crippen LogP contribution in [-0.2, 0) is 11.3 Å². The molecule has 112 valence electrons. The zero-order valence-electron chi connectivity index (χ0n) is 11.7. The molecule has 2 N–H and O–H groups in total. The number of nitrogen functional groups attached to an aromatic ring is 1. The third-order valence-corrected chi connectivity index (χ3v) is 3.89. The van der Waals surface area contributed by atoms with E-state index in [0.717, 1.165) is 18.4 Å². The van der Waals surface area contributed by atoms with E-state index in [9.17, 15) is 0 Å². The fraction of sp³-hybridized carbons (Fsp3) is 0.500. The molecule has 1 aliphatic rings. The maximum Gasteiger partial charge on any atom is 0.182 e. The lowest BCUT2D eigenvalue weighted by atomic mass is 10.2. The van der Waals surface area contributed by atoms with Crippen molar-refractivity contribution in [3.8, 4) is 11.4 Å². The topological polar surface area (TPSA) is 78.9 Å². The summed E-state index contributed by atoms with van der Waals surface area (Å²) in [6.07, 6.45) is 5.25. The molecule has 21 heavy (non-hydrogen) atoms. The smallest absolute Gasteiger partial charge is 0.182 e. The third-order valence-electron chi connectivity index (χ3n) is 3.67. The molecule has 6 nitrogen and oxygen atoms in total. The Hall–Kier alpha value is -1.66. The number of ether oxygens (including phenoxy) is 1. The van der Waals surface area contributed by atoms with Crippen LogP contribution in [0, 0.1) is 0 Å². The highest BCUT2D eigenvalue weighted by atomic mass is 35.5. The minimum absolute atomic E-state index is 0.395. The number of tetrazole rings is 1. The second-order valence-electron chi connectivity index (χ2n) is 5.28. The molecule has 1 aliphatic carbocycles. The van der Waals surface area contributed by atoms with Crippen molar-refractivity contribution in [2.24, 2.45) is 0 Å². The lowest BCUT2D eigenvalue weighted by molar-refractivity contribution is 0.0514. The molecule has 1 aromatic heterocycles. The molecular weight excluding hydrogens is 290 g/mol. The first-order valence-corrected chi connectivity index (χ1v) is 7.54. The molecule has 1 aromatic carbocycles. The number of nitrogens with zero attached hydrogens (tertiary/aromatic N) is 4. The summed E-state index contributed by atoms with van der Waals surface area (Å²) in [5.41, 5.74) is 7.21. The van der Waals surface area contributed by atoms with E-state index in [1.807, 2.05) is 6.07 Å². The molecule has 0 atom stereocenters. The predicted octanol–water partition coefficient (Wildman–Crippen LogP) is 2.53. The second-order valence-corrected chi connectivity index (χ2v) is 5.71. The lowest BCUT2D eigenvalue weighted by Gasteiger charge is -2.11. The highest BCUT2D eigenvalue weighted by Gasteiger charge is 2.16. The van der Waals surface area contributed by atoms with Crippen LogP contribution in [0.25, 0.3) is 11.4 Å². The van der Waals surface area contributed by atoms with Gasteiger partial charge in [-0.25, -0.2) is 4.68 Å². The average molecular weight is 308 g/mol. The first-order chi connectivity index (χ1) is 10.2. The van der Waals surface area contributed by atoms with E-state index in [1.54, 1.807) is 16.8 Å². The Balaban J connectivity index is 1.68. The van der Waals surface area contributed by atoms with Crippen molar-refractivity contribution >= 4 is 17.3 Å². The molecule has 7 heteroatoms. The van der Waals surface area contributed by atoms with Crippen LogP contribution in [0.4, 0.5) is 5.69 Å². The quantitative estimate of drug-likeness (QED) is 0.859. The van der Waals surface area contributed by atoms with E-state index in [2.05, 4.69) is 15.5 Å². The van der Waals surface area contributed by atoms with Gasteiger partial charge in [-0.15, -0.1) is 5.10 Å². The maximum atomic E-state index is 6.03. The Morgan fingerprint density at radius 2 is 2.10 bits per heavy atom. The number of hydrogen-bond donors (Lipinski definition) is 1. The van der Waals surface area contributed by atoms with E-state index in [1.165, 1.54) is 12.8 Å².